The van der Waals surface area contributed by atoms with Gasteiger partial charge in [0, 0.05) is 19.3 Å². The van der Waals surface area contributed by atoms with Crippen LogP contribution in [0.1, 0.15) is 112 Å². The van der Waals surface area contributed by atoms with Crippen molar-refractivity contribution in [1.29, 1.82) is 0 Å². The van der Waals surface area contributed by atoms with Crippen molar-refractivity contribution in [2.24, 2.45) is 17.8 Å². The second kappa shape index (κ2) is 26.0. The molecule has 0 atom stereocenters. The van der Waals surface area contributed by atoms with Gasteiger partial charge in [0.05, 0.1) is 12.8 Å². The summed E-state index contributed by atoms with van der Waals surface area (Å²) >= 11 is 0. The van der Waals surface area contributed by atoms with Crippen LogP contribution in [-0.4, -0.2) is 77.2 Å². The van der Waals surface area contributed by atoms with E-state index in [1.165, 1.54) is 0 Å². The zero-order chi connectivity index (χ0) is 32.5. The van der Waals surface area contributed by atoms with E-state index in [4.69, 9.17) is 35.7 Å². The van der Waals surface area contributed by atoms with Crippen LogP contribution in [-0.2, 0) is 28.8 Å². The van der Waals surface area contributed by atoms with Gasteiger partial charge >= 0.3 is 35.8 Å². The standard InChI is InChI=1S/3C7H14O2.C6H8O7/c3*1-6(2)4-3-5-7(8)9;7-3(8)1-6(13,5(11)12)2-4(9)10/h3*6H,3-5H2,1-2H3,(H,8,9);13H,1-2H2,(H,7,8)(H,9,10)(H,11,12). The van der Waals surface area contributed by atoms with Gasteiger partial charge in [0.2, 0.25) is 0 Å². The van der Waals surface area contributed by atoms with Crippen molar-refractivity contribution < 1.29 is 64.5 Å². The molecule has 13 heteroatoms. The molecule has 0 amide bonds. The van der Waals surface area contributed by atoms with Gasteiger partial charge in [-0.2, -0.15) is 0 Å². The summed E-state index contributed by atoms with van der Waals surface area (Å²) in [6.07, 6.45) is 4.16. The number of aliphatic hydroxyl groups is 1. The van der Waals surface area contributed by atoms with Crippen LogP contribution in [0.3, 0.4) is 0 Å². The van der Waals surface area contributed by atoms with Crippen LogP contribution >= 0.6 is 0 Å². The zero-order valence-electron chi connectivity index (χ0n) is 24.6. The normalized spacial score (nSPS) is 10.3. The van der Waals surface area contributed by atoms with Gasteiger partial charge in [0.1, 0.15) is 0 Å². The van der Waals surface area contributed by atoms with Gasteiger partial charge in [-0.15, -0.1) is 0 Å². The molecule has 0 aromatic heterocycles. The Morgan fingerprint density at radius 3 is 0.825 bits per heavy atom. The number of carboxylic acid groups (broad SMARTS) is 6. The highest BCUT2D eigenvalue weighted by molar-refractivity contribution is 5.88. The Labute approximate surface area is 236 Å². The molecule has 0 aliphatic carbocycles. The molecule has 0 spiro atoms. The predicted molar refractivity (Wildman–Crippen MR) is 146 cm³/mol. The lowest BCUT2D eigenvalue weighted by molar-refractivity contribution is -0.170. The summed E-state index contributed by atoms with van der Waals surface area (Å²) in [4.78, 5) is 60.4. The van der Waals surface area contributed by atoms with Crippen molar-refractivity contribution in [1.82, 2.24) is 0 Å². The van der Waals surface area contributed by atoms with Gasteiger partial charge < -0.3 is 35.7 Å². The maximum Gasteiger partial charge on any atom is 0.336 e. The topological polar surface area (TPSA) is 244 Å². The molecule has 0 aromatic carbocycles. The molecule has 0 aliphatic rings. The van der Waals surface area contributed by atoms with E-state index < -0.39 is 54.3 Å². The SMILES string of the molecule is CC(C)CCCC(=O)O.CC(C)CCCC(=O)O.CC(C)CCCC(=O)O.O=C(O)CC(O)(CC(=O)O)C(=O)O. The monoisotopic (exact) mass is 582 g/mol. The molecular formula is C27H50O13. The molecule has 236 valence electrons. The maximum atomic E-state index is 10.3. The Bertz CT molecular complexity index is 670. The minimum absolute atomic E-state index is 0.318. The molecule has 0 unspecified atom stereocenters. The van der Waals surface area contributed by atoms with Gasteiger partial charge in [-0.3, -0.25) is 24.0 Å². The lowest BCUT2D eigenvalue weighted by Gasteiger charge is -2.18. The lowest BCUT2D eigenvalue weighted by Crippen LogP contribution is -2.42. The summed E-state index contributed by atoms with van der Waals surface area (Å²) in [6, 6.07) is 0. The summed E-state index contributed by atoms with van der Waals surface area (Å²) in [5.41, 5.74) is -2.74. The zero-order valence-corrected chi connectivity index (χ0v) is 24.6. The molecule has 0 heterocycles. The molecule has 0 saturated heterocycles. The van der Waals surface area contributed by atoms with E-state index in [0.29, 0.717) is 37.0 Å². The van der Waals surface area contributed by atoms with Crippen molar-refractivity contribution in [3.05, 3.63) is 0 Å². The van der Waals surface area contributed by atoms with Crippen LogP contribution in [0, 0.1) is 17.8 Å². The molecule has 0 fully saturated rings. The third kappa shape index (κ3) is 41.9. The average molecular weight is 583 g/mol. The molecule has 7 N–H and O–H groups in total. The number of rotatable bonds is 17. The van der Waals surface area contributed by atoms with E-state index in [1.54, 1.807) is 0 Å². The maximum absolute atomic E-state index is 10.3. The average Bonchev–Trinajstić information content (AvgIpc) is 2.72. The lowest BCUT2D eigenvalue weighted by atomic mass is 9.96. The predicted octanol–water partition coefficient (Wildman–Crippen LogP) is 4.44. The van der Waals surface area contributed by atoms with Crippen molar-refractivity contribution in [3.63, 3.8) is 0 Å². The number of carbonyl (C=O) groups is 6. The summed E-state index contributed by atoms with van der Waals surface area (Å²) in [5.74, 6) is -5.19. The largest absolute Gasteiger partial charge is 0.481 e. The van der Waals surface area contributed by atoms with Gasteiger partial charge in [-0.25, -0.2) is 4.79 Å². The highest BCUT2D eigenvalue weighted by Gasteiger charge is 2.40. The first-order valence-electron chi connectivity index (χ1n) is 13.2. The van der Waals surface area contributed by atoms with Crippen molar-refractivity contribution in [2.45, 2.75) is 118 Å². The van der Waals surface area contributed by atoms with Crippen LogP contribution in [0.25, 0.3) is 0 Å². The Balaban J connectivity index is -0.000000219. The molecule has 0 aliphatic heterocycles. The van der Waals surface area contributed by atoms with Gasteiger partial charge in [0.25, 0.3) is 0 Å². The fourth-order valence-electron chi connectivity index (χ4n) is 2.70. The van der Waals surface area contributed by atoms with Gasteiger partial charge in [0.15, 0.2) is 5.60 Å². The second-order valence-electron chi connectivity index (χ2n) is 10.5. The molecule has 0 saturated carbocycles. The second-order valence-corrected chi connectivity index (χ2v) is 10.5. The first-order chi connectivity index (χ1) is 18.2. The van der Waals surface area contributed by atoms with E-state index >= 15 is 0 Å². The molecule has 0 radical (unpaired) electrons. The minimum Gasteiger partial charge on any atom is -0.481 e. The molecule has 40 heavy (non-hydrogen) atoms. The van der Waals surface area contributed by atoms with Crippen molar-refractivity contribution >= 4 is 35.8 Å². The molecular weight excluding hydrogens is 532 g/mol. The molecule has 0 aromatic rings. The fourth-order valence-corrected chi connectivity index (χ4v) is 2.70. The third-order valence-electron chi connectivity index (χ3n) is 4.80. The van der Waals surface area contributed by atoms with Crippen molar-refractivity contribution in [3.8, 4) is 0 Å². The number of carboxylic acids is 6. The first-order valence-corrected chi connectivity index (χ1v) is 13.2. The van der Waals surface area contributed by atoms with E-state index in [1.807, 2.05) is 0 Å². The van der Waals surface area contributed by atoms with Gasteiger partial charge in [-0.05, 0) is 37.0 Å². The molecule has 0 rings (SSSR count). The van der Waals surface area contributed by atoms with Crippen LogP contribution in [0.2, 0.25) is 0 Å². The number of hydrogen-bond acceptors (Lipinski definition) is 7. The first kappa shape index (κ1) is 43.8. The van der Waals surface area contributed by atoms with E-state index in [-0.39, 0.29) is 0 Å². The van der Waals surface area contributed by atoms with E-state index in [2.05, 4.69) is 41.5 Å². The smallest absolute Gasteiger partial charge is 0.336 e. The molecule has 0 bridgehead atoms. The fraction of sp³-hybridized carbons (Fsp3) is 0.778. The van der Waals surface area contributed by atoms with Crippen LogP contribution in [0.15, 0.2) is 0 Å². The van der Waals surface area contributed by atoms with Gasteiger partial charge in [-0.1, -0.05) is 60.8 Å². The van der Waals surface area contributed by atoms with E-state index in [9.17, 15) is 28.8 Å². The Hall–Kier alpha value is -3.22. The Kier molecular flexibility index (Phi) is 28.5. The van der Waals surface area contributed by atoms with Crippen LogP contribution in [0.4, 0.5) is 0 Å². The Morgan fingerprint density at radius 1 is 0.475 bits per heavy atom. The highest BCUT2D eigenvalue weighted by atomic mass is 16.4. The third-order valence-corrected chi connectivity index (χ3v) is 4.80. The summed E-state index contributed by atoms with van der Waals surface area (Å²) < 4.78 is 0. The highest BCUT2D eigenvalue weighted by Crippen LogP contribution is 2.15. The number of aliphatic carboxylic acids is 6. The summed E-state index contributed by atoms with van der Waals surface area (Å²) in [7, 11) is 0. The molecule has 13 nitrogen and oxygen atoms in total. The van der Waals surface area contributed by atoms with Crippen LogP contribution in [0.5, 0.6) is 0 Å². The summed E-state index contributed by atoms with van der Waals surface area (Å²) in [6.45, 7) is 12.6. The minimum atomic E-state index is -2.74. The quantitative estimate of drug-likeness (QED) is 0.125. The van der Waals surface area contributed by atoms with Crippen LogP contribution < -0.4 is 0 Å². The number of hydrogen-bond donors (Lipinski definition) is 7. The van der Waals surface area contributed by atoms with E-state index in [0.717, 1.165) is 38.5 Å². The van der Waals surface area contributed by atoms with Crippen molar-refractivity contribution in [2.75, 3.05) is 0 Å². The Morgan fingerprint density at radius 2 is 0.700 bits per heavy atom. The summed E-state index contributed by atoms with van der Waals surface area (Å²) in [5, 5.41) is 58.5.